The van der Waals surface area contributed by atoms with Crippen LogP contribution in [-0.2, 0) is 24.8 Å². The van der Waals surface area contributed by atoms with Gasteiger partial charge in [-0.15, -0.1) is 0 Å². The van der Waals surface area contributed by atoms with Gasteiger partial charge in [0, 0.05) is 37.4 Å². The molecule has 0 saturated carbocycles. The van der Waals surface area contributed by atoms with E-state index in [4.69, 9.17) is 16.3 Å². The Balaban J connectivity index is 1.91. The van der Waals surface area contributed by atoms with E-state index in [1.807, 2.05) is 0 Å². The number of sulfonamides is 2. The van der Waals surface area contributed by atoms with Gasteiger partial charge in [-0.25, -0.2) is 16.8 Å². The van der Waals surface area contributed by atoms with Gasteiger partial charge in [0.05, 0.1) is 23.1 Å². The molecule has 3 rings (SSSR count). The third-order valence-electron chi connectivity index (χ3n) is 5.58. The first-order valence-electron chi connectivity index (χ1n) is 10.8. The standard InChI is InChI=1S/C22H28ClN3O6S2/c1-4-25(5-2)33(28,29)18-8-6-16(3)20(15-18)24-22(27)17-7-9-19(23)21(14-17)34(30,31)26-10-12-32-13-11-26/h6-9,14-15H,4-5,10-13H2,1-3H3,(H,24,27). The summed E-state index contributed by atoms with van der Waals surface area (Å²) in [6.45, 7) is 6.83. The number of hydrogen-bond donors (Lipinski definition) is 1. The number of ether oxygens (including phenoxy) is 1. The molecule has 12 heteroatoms. The molecule has 0 aromatic heterocycles. The predicted molar refractivity (Wildman–Crippen MR) is 130 cm³/mol. The molecule has 1 aliphatic heterocycles. The molecular weight excluding hydrogens is 502 g/mol. The van der Waals surface area contributed by atoms with Crippen LogP contribution in [0.1, 0.15) is 29.8 Å². The smallest absolute Gasteiger partial charge is 0.255 e. The summed E-state index contributed by atoms with van der Waals surface area (Å²) < 4.78 is 59.7. The van der Waals surface area contributed by atoms with E-state index in [0.717, 1.165) is 0 Å². The normalized spacial score (nSPS) is 15.4. The van der Waals surface area contributed by atoms with Crippen molar-refractivity contribution < 1.29 is 26.4 Å². The van der Waals surface area contributed by atoms with Crippen molar-refractivity contribution in [2.45, 2.75) is 30.6 Å². The summed E-state index contributed by atoms with van der Waals surface area (Å²) in [5.74, 6) is -0.587. The average molecular weight is 530 g/mol. The number of anilines is 1. The number of hydrogen-bond acceptors (Lipinski definition) is 6. The molecule has 1 fully saturated rings. The Morgan fingerprint density at radius 2 is 1.71 bits per heavy atom. The maximum Gasteiger partial charge on any atom is 0.255 e. The number of carbonyl (C=O) groups excluding carboxylic acids is 1. The molecule has 0 bridgehead atoms. The molecule has 0 spiro atoms. The van der Waals surface area contributed by atoms with Crippen LogP contribution in [0.15, 0.2) is 46.2 Å². The van der Waals surface area contributed by atoms with Crippen LogP contribution in [0.2, 0.25) is 5.02 Å². The Bertz CT molecular complexity index is 1270. The van der Waals surface area contributed by atoms with Crippen LogP contribution in [0, 0.1) is 6.92 Å². The van der Waals surface area contributed by atoms with Crippen LogP contribution < -0.4 is 5.32 Å². The molecule has 9 nitrogen and oxygen atoms in total. The highest BCUT2D eigenvalue weighted by Gasteiger charge is 2.29. The monoisotopic (exact) mass is 529 g/mol. The summed E-state index contributed by atoms with van der Waals surface area (Å²) in [5, 5.41) is 2.70. The molecule has 1 saturated heterocycles. The quantitative estimate of drug-likeness (QED) is 0.562. The van der Waals surface area contributed by atoms with Gasteiger partial charge in [0.2, 0.25) is 20.0 Å². The van der Waals surface area contributed by atoms with E-state index in [1.54, 1.807) is 26.8 Å². The zero-order chi connectivity index (χ0) is 25.1. The topological polar surface area (TPSA) is 113 Å². The minimum Gasteiger partial charge on any atom is -0.379 e. The SMILES string of the molecule is CCN(CC)S(=O)(=O)c1ccc(C)c(NC(=O)c2ccc(Cl)c(S(=O)(=O)N3CCOCC3)c2)c1. The number of aryl methyl sites for hydroxylation is 1. The van der Waals surface area contributed by atoms with Crippen molar-refractivity contribution in [3.63, 3.8) is 0 Å². The molecule has 1 heterocycles. The molecule has 0 radical (unpaired) electrons. The number of amides is 1. The second kappa shape index (κ2) is 10.7. The van der Waals surface area contributed by atoms with E-state index >= 15 is 0 Å². The third kappa shape index (κ3) is 5.45. The van der Waals surface area contributed by atoms with Crippen LogP contribution in [-0.4, -0.2) is 70.7 Å². The molecule has 34 heavy (non-hydrogen) atoms. The van der Waals surface area contributed by atoms with E-state index in [-0.39, 0.29) is 46.7 Å². The highest BCUT2D eigenvalue weighted by atomic mass is 35.5. The lowest BCUT2D eigenvalue weighted by atomic mass is 10.1. The summed E-state index contributed by atoms with van der Waals surface area (Å²) >= 11 is 6.18. The summed E-state index contributed by atoms with van der Waals surface area (Å²) in [6, 6.07) is 8.52. The van der Waals surface area contributed by atoms with E-state index in [9.17, 15) is 21.6 Å². The van der Waals surface area contributed by atoms with Gasteiger partial charge in [-0.1, -0.05) is 31.5 Å². The van der Waals surface area contributed by atoms with Gasteiger partial charge in [0.15, 0.2) is 0 Å². The van der Waals surface area contributed by atoms with Crippen molar-refractivity contribution in [1.29, 1.82) is 0 Å². The zero-order valence-electron chi connectivity index (χ0n) is 19.2. The summed E-state index contributed by atoms with van der Waals surface area (Å²) in [4.78, 5) is 12.9. The van der Waals surface area contributed by atoms with Crippen LogP contribution in [0.4, 0.5) is 5.69 Å². The first kappa shape index (κ1) is 26.6. The molecule has 1 aliphatic rings. The molecule has 0 unspecified atom stereocenters. The largest absolute Gasteiger partial charge is 0.379 e. The van der Waals surface area contributed by atoms with Gasteiger partial charge in [0.1, 0.15) is 4.90 Å². The van der Waals surface area contributed by atoms with Gasteiger partial charge in [-0.05, 0) is 42.8 Å². The summed E-state index contributed by atoms with van der Waals surface area (Å²) in [5.41, 5.74) is 1.04. The van der Waals surface area contributed by atoms with E-state index < -0.39 is 26.0 Å². The highest BCUT2D eigenvalue weighted by molar-refractivity contribution is 7.89. The number of nitrogens with zero attached hydrogens (tertiary/aromatic N) is 2. The fourth-order valence-electron chi connectivity index (χ4n) is 3.57. The van der Waals surface area contributed by atoms with Crippen LogP contribution >= 0.6 is 11.6 Å². The lowest BCUT2D eigenvalue weighted by molar-refractivity contribution is 0.0730. The van der Waals surface area contributed by atoms with Crippen molar-refractivity contribution in [2.24, 2.45) is 0 Å². The summed E-state index contributed by atoms with van der Waals surface area (Å²) in [6.07, 6.45) is 0. The molecule has 186 valence electrons. The number of carbonyl (C=O) groups is 1. The van der Waals surface area contributed by atoms with Crippen molar-refractivity contribution >= 4 is 43.2 Å². The summed E-state index contributed by atoms with van der Waals surface area (Å²) in [7, 11) is -7.63. The third-order valence-corrected chi connectivity index (χ3v) is 10.0. The molecular formula is C22H28ClN3O6S2. The molecule has 1 amide bonds. The van der Waals surface area contributed by atoms with Gasteiger partial charge in [0.25, 0.3) is 5.91 Å². The second-order valence-electron chi connectivity index (χ2n) is 7.68. The Morgan fingerprint density at radius 1 is 1.06 bits per heavy atom. The Labute approximate surface area is 205 Å². The maximum absolute atomic E-state index is 13.1. The van der Waals surface area contributed by atoms with Crippen molar-refractivity contribution in [3.8, 4) is 0 Å². The number of halogens is 1. The second-order valence-corrected chi connectivity index (χ2v) is 11.9. The zero-order valence-corrected chi connectivity index (χ0v) is 21.6. The first-order chi connectivity index (χ1) is 16.0. The number of nitrogens with one attached hydrogen (secondary N) is 1. The van der Waals surface area contributed by atoms with Crippen LogP contribution in [0.5, 0.6) is 0 Å². The van der Waals surface area contributed by atoms with Crippen LogP contribution in [0.25, 0.3) is 0 Å². The Morgan fingerprint density at radius 3 is 2.32 bits per heavy atom. The number of rotatable bonds is 8. The fraction of sp³-hybridized carbons (Fsp3) is 0.409. The van der Waals surface area contributed by atoms with Crippen molar-refractivity contribution in [1.82, 2.24) is 8.61 Å². The fourth-order valence-corrected chi connectivity index (χ4v) is 6.96. The lowest BCUT2D eigenvalue weighted by Gasteiger charge is -2.26. The van der Waals surface area contributed by atoms with Gasteiger partial charge in [-0.2, -0.15) is 8.61 Å². The Kier molecular flexibility index (Phi) is 8.38. The lowest BCUT2D eigenvalue weighted by Crippen LogP contribution is -2.40. The maximum atomic E-state index is 13.1. The van der Waals surface area contributed by atoms with E-state index in [1.165, 1.54) is 38.9 Å². The molecule has 0 atom stereocenters. The van der Waals surface area contributed by atoms with Gasteiger partial charge < -0.3 is 10.1 Å². The Hall–Kier alpha value is -2.02. The van der Waals surface area contributed by atoms with E-state index in [0.29, 0.717) is 24.3 Å². The molecule has 1 N–H and O–H groups in total. The van der Waals surface area contributed by atoms with E-state index in [2.05, 4.69) is 5.32 Å². The minimum atomic E-state index is -3.91. The van der Waals surface area contributed by atoms with Gasteiger partial charge >= 0.3 is 0 Å². The number of morpholine rings is 1. The average Bonchev–Trinajstić information content (AvgIpc) is 2.81. The van der Waals surface area contributed by atoms with Crippen LogP contribution in [0.3, 0.4) is 0 Å². The van der Waals surface area contributed by atoms with Crippen molar-refractivity contribution in [2.75, 3.05) is 44.7 Å². The predicted octanol–water partition coefficient (Wildman–Crippen LogP) is 2.95. The molecule has 0 aliphatic carbocycles. The highest BCUT2D eigenvalue weighted by Crippen LogP contribution is 2.28. The minimum absolute atomic E-state index is 0.00605. The molecule has 2 aromatic rings. The first-order valence-corrected chi connectivity index (χ1v) is 14.1. The van der Waals surface area contributed by atoms with Gasteiger partial charge in [-0.3, -0.25) is 4.79 Å². The van der Waals surface area contributed by atoms with Crippen molar-refractivity contribution in [3.05, 3.63) is 52.5 Å². The molecule has 2 aromatic carbocycles. The number of benzene rings is 2.